The largest absolute Gasteiger partial charge is 0.481 e. The first-order valence-corrected chi connectivity index (χ1v) is 12.1. The molecule has 5 rings (SSSR count). The van der Waals surface area contributed by atoms with Gasteiger partial charge in [-0.15, -0.1) is 11.3 Å². The van der Waals surface area contributed by atoms with Crippen molar-refractivity contribution >= 4 is 38.4 Å². The van der Waals surface area contributed by atoms with Crippen LogP contribution in [0.4, 0.5) is 0 Å². The molecule has 1 aliphatic rings. The molecule has 0 amide bonds. The molecule has 1 atom stereocenters. The summed E-state index contributed by atoms with van der Waals surface area (Å²) in [6, 6.07) is 8.35. The Morgan fingerprint density at radius 3 is 2.74 bits per heavy atom. The quantitative estimate of drug-likeness (QED) is 0.360. The Labute approximate surface area is 186 Å². The third kappa shape index (κ3) is 3.18. The summed E-state index contributed by atoms with van der Waals surface area (Å²) in [7, 11) is 0. The van der Waals surface area contributed by atoms with Crippen molar-refractivity contribution < 1.29 is 9.90 Å². The number of fused-ring (bicyclic) bond motifs is 4. The van der Waals surface area contributed by atoms with Crippen LogP contribution in [0.5, 0.6) is 0 Å². The Bertz CT molecular complexity index is 1310. The van der Waals surface area contributed by atoms with Crippen LogP contribution in [0.2, 0.25) is 0 Å². The fourth-order valence-electron chi connectivity index (χ4n) is 5.38. The molecule has 31 heavy (non-hydrogen) atoms. The minimum atomic E-state index is -0.756. The number of hydrogen-bond donors (Lipinski definition) is 2. The zero-order valence-electron chi connectivity index (χ0n) is 18.3. The van der Waals surface area contributed by atoms with Gasteiger partial charge >= 0.3 is 5.97 Å². The maximum absolute atomic E-state index is 12.4. The second kappa shape index (κ2) is 7.79. The Morgan fingerprint density at radius 2 is 1.97 bits per heavy atom. The molecule has 3 heterocycles. The lowest BCUT2D eigenvalue weighted by atomic mass is 9.83. The molecule has 1 unspecified atom stereocenters. The van der Waals surface area contributed by atoms with Gasteiger partial charge in [-0.2, -0.15) is 0 Å². The first-order chi connectivity index (χ1) is 15.0. The van der Waals surface area contributed by atoms with Gasteiger partial charge in [0.25, 0.3) is 0 Å². The monoisotopic (exact) mass is 432 g/mol. The number of H-pyrrole nitrogens is 1. The summed E-state index contributed by atoms with van der Waals surface area (Å²) in [5, 5.41) is 12.6. The van der Waals surface area contributed by atoms with E-state index in [1.165, 1.54) is 28.7 Å². The fourth-order valence-corrected chi connectivity index (χ4v) is 6.70. The standard InChI is InChI=1S/C26H28N2O2S/c1-4-9-18(26(29)30)22-15(3)28-25-23(17-11-6-8-13-20(17)31-25)24(22)21-14(2)27-19-12-7-5-10-16(19)21/h5,7,10,12,18,27H,4,6,8-9,11,13H2,1-3H3,(H,29,30). The van der Waals surface area contributed by atoms with E-state index in [0.717, 1.165) is 63.1 Å². The van der Waals surface area contributed by atoms with Gasteiger partial charge in [-0.3, -0.25) is 4.79 Å². The lowest BCUT2D eigenvalue weighted by molar-refractivity contribution is -0.139. The number of carboxylic acid groups (broad SMARTS) is 1. The van der Waals surface area contributed by atoms with Crippen molar-refractivity contribution in [3.8, 4) is 11.1 Å². The number of para-hydroxylation sites is 1. The van der Waals surface area contributed by atoms with Crippen molar-refractivity contribution in [2.75, 3.05) is 0 Å². The summed E-state index contributed by atoms with van der Waals surface area (Å²) in [5.74, 6) is -1.31. The molecule has 2 N–H and O–H groups in total. The predicted molar refractivity (Wildman–Crippen MR) is 128 cm³/mol. The molecule has 160 valence electrons. The van der Waals surface area contributed by atoms with Crippen LogP contribution in [0.3, 0.4) is 0 Å². The number of carbonyl (C=O) groups is 1. The highest BCUT2D eigenvalue weighted by Gasteiger charge is 2.31. The number of aromatic nitrogens is 2. The number of benzene rings is 1. The summed E-state index contributed by atoms with van der Waals surface area (Å²) >= 11 is 1.81. The van der Waals surface area contributed by atoms with Crippen molar-refractivity contribution in [3.63, 3.8) is 0 Å². The number of carboxylic acids is 1. The molecular weight excluding hydrogens is 404 g/mol. The third-order valence-electron chi connectivity index (χ3n) is 6.70. The fraction of sp³-hybridized carbons (Fsp3) is 0.385. The average Bonchev–Trinajstić information content (AvgIpc) is 3.27. The minimum Gasteiger partial charge on any atom is -0.481 e. The molecule has 5 heteroatoms. The Kier molecular flexibility index (Phi) is 5.09. The zero-order valence-corrected chi connectivity index (χ0v) is 19.2. The topological polar surface area (TPSA) is 66.0 Å². The van der Waals surface area contributed by atoms with E-state index in [-0.39, 0.29) is 0 Å². The van der Waals surface area contributed by atoms with Crippen LogP contribution in [-0.4, -0.2) is 21.0 Å². The van der Waals surface area contributed by atoms with Crippen LogP contribution in [-0.2, 0) is 17.6 Å². The van der Waals surface area contributed by atoms with Gasteiger partial charge in [-0.25, -0.2) is 4.98 Å². The van der Waals surface area contributed by atoms with E-state index in [2.05, 4.69) is 37.0 Å². The van der Waals surface area contributed by atoms with Gasteiger partial charge in [0.15, 0.2) is 0 Å². The highest BCUT2D eigenvalue weighted by molar-refractivity contribution is 7.19. The molecule has 3 aromatic heterocycles. The first kappa shape index (κ1) is 20.3. The molecule has 0 saturated heterocycles. The van der Waals surface area contributed by atoms with Gasteiger partial charge in [0, 0.05) is 43.7 Å². The summed E-state index contributed by atoms with van der Waals surface area (Å²) in [6.07, 6.45) is 6.01. The number of nitrogens with zero attached hydrogens (tertiary/aromatic N) is 1. The number of aryl methyl sites for hydroxylation is 4. The molecule has 0 bridgehead atoms. The minimum absolute atomic E-state index is 0.552. The van der Waals surface area contributed by atoms with Crippen LogP contribution in [0.1, 0.15) is 65.9 Å². The molecule has 0 saturated carbocycles. The van der Waals surface area contributed by atoms with E-state index in [1.807, 2.05) is 24.3 Å². The SMILES string of the molecule is CCCC(C(=O)O)c1c(C)nc2sc3c(c2c1-c1c(C)[nH]c2ccccc12)CCCC3. The van der Waals surface area contributed by atoms with Crippen molar-refractivity contribution in [1.29, 1.82) is 0 Å². The summed E-state index contributed by atoms with van der Waals surface area (Å²) < 4.78 is 0. The van der Waals surface area contributed by atoms with E-state index < -0.39 is 11.9 Å². The van der Waals surface area contributed by atoms with Crippen LogP contribution in [0.25, 0.3) is 32.2 Å². The molecule has 0 fully saturated rings. The molecular formula is C26H28N2O2S. The molecule has 0 radical (unpaired) electrons. The van der Waals surface area contributed by atoms with Crippen LogP contribution in [0, 0.1) is 13.8 Å². The summed E-state index contributed by atoms with van der Waals surface area (Å²) in [4.78, 5) is 23.5. The first-order valence-electron chi connectivity index (χ1n) is 11.3. The van der Waals surface area contributed by atoms with Crippen molar-refractivity contribution in [3.05, 3.63) is 51.7 Å². The second-order valence-electron chi connectivity index (χ2n) is 8.73. The Morgan fingerprint density at radius 1 is 1.19 bits per heavy atom. The number of aliphatic carboxylic acids is 1. The maximum Gasteiger partial charge on any atom is 0.311 e. The van der Waals surface area contributed by atoms with E-state index in [4.69, 9.17) is 4.98 Å². The van der Waals surface area contributed by atoms with Gasteiger partial charge in [-0.1, -0.05) is 31.5 Å². The lowest BCUT2D eigenvalue weighted by Crippen LogP contribution is -2.15. The van der Waals surface area contributed by atoms with Crippen molar-refractivity contribution in [2.24, 2.45) is 0 Å². The second-order valence-corrected chi connectivity index (χ2v) is 9.81. The van der Waals surface area contributed by atoms with Gasteiger partial charge in [0.05, 0.1) is 5.92 Å². The molecule has 0 spiro atoms. The van der Waals surface area contributed by atoms with Gasteiger partial charge < -0.3 is 10.1 Å². The van der Waals surface area contributed by atoms with Gasteiger partial charge in [-0.05, 0) is 63.1 Å². The number of nitrogens with one attached hydrogen (secondary N) is 1. The highest BCUT2D eigenvalue weighted by Crippen LogP contribution is 2.48. The Hall–Kier alpha value is -2.66. The van der Waals surface area contributed by atoms with E-state index in [0.29, 0.717) is 6.42 Å². The predicted octanol–water partition coefficient (Wildman–Crippen LogP) is 6.91. The van der Waals surface area contributed by atoms with Crippen LogP contribution < -0.4 is 0 Å². The van der Waals surface area contributed by atoms with E-state index in [1.54, 1.807) is 0 Å². The van der Waals surface area contributed by atoms with Crippen LogP contribution in [0.15, 0.2) is 24.3 Å². The average molecular weight is 433 g/mol. The van der Waals surface area contributed by atoms with Crippen molar-refractivity contribution in [1.82, 2.24) is 9.97 Å². The molecule has 4 nitrogen and oxygen atoms in total. The zero-order chi connectivity index (χ0) is 21.7. The third-order valence-corrected chi connectivity index (χ3v) is 7.88. The van der Waals surface area contributed by atoms with Gasteiger partial charge in [0.1, 0.15) is 4.83 Å². The molecule has 4 aromatic rings. The number of thiophene rings is 1. The van der Waals surface area contributed by atoms with E-state index in [9.17, 15) is 9.90 Å². The summed E-state index contributed by atoms with van der Waals surface area (Å²) in [6.45, 7) is 6.15. The Balaban J connectivity index is 1.96. The maximum atomic E-state index is 12.4. The van der Waals surface area contributed by atoms with E-state index >= 15 is 0 Å². The van der Waals surface area contributed by atoms with Gasteiger partial charge in [0.2, 0.25) is 0 Å². The molecule has 1 aliphatic carbocycles. The molecule has 1 aromatic carbocycles. The normalized spacial score (nSPS) is 14.8. The number of aromatic amines is 1. The lowest BCUT2D eigenvalue weighted by Gasteiger charge is -2.21. The number of rotatable bonds is 5. The number of hydrogen-bond acceptors (Lipinski definition) is 3. The number of pyridine rings is 1. The smallest absolute Gasteiger partial charge is 0.311 e. The summed E-state index contributed by atoms with van der Waals surface area (Å²) in [5.41, 5.74) is 7.60. The molecule has 0 aliphatic heterocycles. The van der Waals surface area contributed by atoms with Crippen molar-refractivity contribution in [2.45, 2.75) is 65.2 Å². The van der Waals surface area contributed by atoms with Crippen LogP contribution >= 0.6 is 11.3 Å². The highest BCUT2D eigenvalue weighted by atomic mass is 32.1.